The third-order valence-electron chi connectivity index (χ3n) is 11.3. The fourth-order valence-corrected chi connectivity index (χ4v) is 7.99. The first-order valence-electron chi connectivity index (χ1n) is 19.8. The highest BCUT2D eigenvalue weighted by Gasteiger charge is 2.65. The monoisotopic (exact) mass is 889 g/mol. The van der Waals surface area contributed by atoms with Gasteiger partial charge in [0, 0.05) is 36.2 Å². The summed E-state index contributed by atoms with van der Waals surface area (Å²) < 4.78 is 24.4. The van der Waals surface area contributed by atoms with Crippen LogP contribution >= 0.6 is 0 Å². The number of aliphatic hydroxyl groups excluding tert-OH is 5. The number of nitrogens with zero attached hydrogens (tertiary/aromatic N) is 1. The van der Waals surface area contributed by atoms with Crippen molar-refractivity contribution in [3.63, 3.8) is 0 Å². The maximum Gasteiger partial charge on any atom is 0.327 e. The van der Waals surface area contributed by atoms with Gasteiger partial charge >= 0.3 is 11.9 Å². The minimum atomic E-state index is -3.42. The number of benzene rings is 3. The summed E-state index contributed by atoms with van der Waals surface area (Å²) in [6.45, 7) is 0.140. The number of aromatic nitrogens is 2. The van der Waals surface area contributed by atoms with E-state index in [-0.39, 0.29) is 28.0 Å². The van der Waals surface area contributed by atoms with Gasteiger partial charge < -0.3 is 74.4 Å². The van der Waals surface area contributed by atoms with Crippen molar-refractivity contribution in [3.05, 3.63) is 107 Å². The molecule has 7 rings (SSSR count). The number of H-pyrrole nitrogens is 1. The van der Waals surface area contributed by atoms with E-state index in [0.717, 1.165) is 18.2 Å². The van der Waals surface area contributed by atoms with Gasteiger partial charge in [0.15, 0.2) is 17.5 Å². The number of carboxylic acid groups (broad SMARTS) is 1. The lowest BCUT2D eigenvalue weighted by molar-refractivity contribution is -0.384. The summed E-state index contributed by atoms with van der Waals surface area (Å²) in [5, 5.41) is 101. The second kappa shape index (κ2) is 17.7. The average Bonchev–Trinajstić information content (AvgIpc) is 3.84. The fourth-order valence-electron chi connectivity index (χ4n) is 7.99. The number of ether oxygens (including phenoxy) is 3. The van der Waals surface area contributed by atoms with E-state index in [4.69, 9.17) is 23.5 Å². The summed E-state index contributed by atoms with van der Waals surface area (Å²) in [5.41, 5.74) is -1.77. The van der Waals surface area contributed by atoms with Gasteiger partial charge in [0.25, 0.3) is 5.79 Å². The van der Waals surface area contributed by atoms with E-state index >= 15 is 0 Å². The Morgan fingerprint density at radius 1 is 0.984 bits per heavy atom. The molecule has 340 valence electrons. The molecule has 0 saturated carbocycles. The predicted octanol–water partition coefficient (Wildman–Crippen LogP) is 0.633. The molecule has 20 nitrogen and oxygen atoms in total. The standard InChI is InChI=1S/C44H47N3O17/c1-22-14-23(2)16-26(15-22)34-33-25(10-12-46-33)18-47(34)64-42(20-49)37(54)36(53)38(44(59,21-50)63-40(57)32(39(55)56)43(58,45-3)11-13-48)62-41(42)61-28-8-9-29-31(17-28)60-19-30(35(29)52)24-4-6-27(51)7-5-24/h4-10,12,14-19,32,36-38,41,45-46,48-51,53-54,58-59H,11,13,20-21H2,1-3H3,(H,55,56)/t32-,36+,37+,38+,41-,42-,43-,44+/m0/s1. The van der Waals surface area contributed by atoms with Gasteiger partial charge in [0.2, 0.25) is 11.9 Å². The molecular formula is C44H47N3O17. The Bertz CT molecular complexity index is 2710. The van der Waals surface area contributed by atoms with Crippen LogP contribution in [0.15, 0.2) is 94.6 Å². The van der Waals surface area contributed by atoms with E-state index in [9.17, 15) is 60.3 Å². The van der Waals surface area contributed by atoms with Gasteiger partial charge in [-0.25, -0.2) is 0 Å². The van der Waals surface area contributed by atoms with Gasteiger partial charge in [-0.15, -0.1) is 0 Å². The molecule has 11 N–H and O–H groups in total. The molecule has 1 fully saturated rings. The Balaban J connectivity index is 1.33. The first-order valence-corrected chi connectivity index (χ1v) is 19.8. The minimum absolute atomic E-state index is 0.0154. The normalized spacial score (nSPS) is 22.4. The van der Waals surface area contributed by atoms with Crippen molar-refractivity contribution in [2.24, 2.45) is 5.92 Å². The molecular weight excluding hydrogens is 842 g/mol. The van der Waals surface area contributed by atoms with Gasteiger partial charge in [0.1, 0.15) is 53.6 Å². The number of aryl methyl sites for hydroxylation is 2. The van der Waals surface area contributed by atoms with Gasteiger partial charge in [-0.1, -0.05) is 29.3 Å². The average molecular weight is 890 g/mol. The fraction of sp³-hybridized carbons (Fsp3) is 0.341. The molecule has 1 saturated heterocycles. The number of carboxylic acids is 1. The first-order chi connectivity index (χ1) is 30.4. The van der Waals surface area contributed by atoms with Crippen molar-refractivity contribution in [1.82, 2.24) is 15.0 Å². The lowest BCUT2D eigenvalue weighted by atomic mass is 9.84. The molecule has 8 atom stereocenters. The molecule has 0 unspecified atom stereocenters. The highest BCUT2D eigenvalue weighted by Crippen LogP contribution is 2.40. The zero-order valence-electron chi connectivity index (χ0n) is 34.5. The van der Waals surface area contributed by atoms with E-state index in [1.165, 1.54) is 59.7 Å². The molecule has 0 aliphatic carbocycles. The number of hydrogen-bond acceptors (Lipinski definition) is 17. The van der Waals surface area contributed by atoms with Crippen LogP contribution in [0.4, 0.5) is 0 Å². The number of fused-ring (bicyclic) bond motifs is 2. The number of aromatic amines is 1. The quantitative estimate of drug-likeness (QED) is 0.0361. The lowest BCUT2D eigenvalue weighted by Crippen LogP contribution is -2.76. The molecule has 0 spiro atoms. The molecule has 0 bridgehead atoms. The zero-order valence-corrected chi connectivity index (χ0v) is 34.5. The summed E-state index contributed by atoms with van der Waals surface area (Å²) >= 11 is 0. The van der Waals surface area contributed by atoms with Crippen LogP contribution in [0.1, 0.15) is 17.5 Å². The van der Waals surface area contributed by atoms with E-state index in [1.54, 1.807) is 12.3 Å². The number of aliphatic carboxylic acids is 1. The Kier molecular flexibility index (Phi) is 12.6. The van der Waals surface area contributed by atoms with Crippen molar-refractivity contribution in [2.45, 2.75) is 62.0 Å². The van der Waals surface area contributed by atoms with Crippen LogP contribution in [0.3, 0.4) is 0 Å². The Hall–Kier alpha value is -6.33. The predicted molar refractivity (Wildman–Crippen MR) is 223 cm³/mol. The van der Waals surface area contributed by atoms with Crippen molar-refractivity contribution in [2.75, 3.05) is 26.9 Å². The second-order valence-electron chi connectivity index (χ2n) is 15.7. The van der Waals surface area contributed by atoms with Crippen LogP contribution in [0, 0.1) is 19.8 Å². The smallest absolute Gasteiger partial charge is 0.327 e. The Morgan fingerprint density at radius 3 is 2.31 bits per heavy atom. The van der Waals surface area contributed by atoms with Gasteiger partial charge in [-0.05, 0) is 68.9 Å². The molecule has 20 heteroatoms. The largest absolute Gasteiger partial charge is 0.508 e. The molecule has 3 aromatic heterocycles. The van der Waals surface area contributed by atoms with Crippen molar-refractivity contribution >= 4 is 33.8 Å². The molecule has 0 amide bonds. The highest BCUT2D eigenvalue weighted by molar-refractivity contribution is 5.96. The first kappa shape index (κ1) is 45.7. The number of aliphatic hydroxyl groups is 7. The molecule has 1 aliphatic heterocycles. The van der Waals surface area contributed by atoms with Crippen LogP contribution in [0.5, 0.6) is 11.5 Å². The molecule has 4 heterocycles. The number of carbonyl (C=O) groups excluding carboxylic acids is 1. The number of phenols is 1. The number of phenolic OH excluding ortho intramolecular Hbond substituents is 1. The number of carbonyl (C=O) groups is 2. The third kappa shape index (κ3) is 8.17. The zero-order chi connectivity index (χ0) is 46.3. The number of esters is 1. The summed E-state index contributed by atoms with van der Waals surface area (Å²) in [6.07, 6.45) is -5.75. The second-order valence-corrected chi connectivity index (χ2v) is 15.7. The van der Waals surface area contributed by atoms with Crippen LogP contribution < -0.4 is 20.3 Å². The van der Waals surface area contributed by atoms with E-state index in [2.05, 4.69) is 10.3 Å². The Labute approximate surface area is 362 Å². The molecule has 1 aliphatic rings. The molecule has 3 aromatic carbocycles. The molecule has 0 radical (unpaired) electrons. The summed E-state index contributed by atoms with van der Waals surface area (Å²) in [5.74, 6) is -10.0. The van der Waals surface area contributed by atoms with Gasteiger partial charge in [-0.3, -0.25) is 19.7 Å². The lowest BCUT2D eigenvalue weighted by Gasteiger charge is -2.51. The van der Waals surface area contributed by atoms with Gasteiger partial charge in [0.05, 0.1) is 29.3 Å². The van der Waals surface area contributed by atoms with Crippen molar-refractivity contribution < 1.29 is 79.0 Å². The number of aromatic hydroxyl groups is 1. The van der Waals surface area contributed by atoms with Crippen LogP contribution in [-0.2, 0) is 19.1 Å². The van der Waals surface area contributed by atoms with E-state index in [0.29, 0.717) is 27.7 Å². The Morgan fingerprint density at radius 2 is 1.69 bits per heavy atom. The summed E-state index contributed by atoms with van der Waals surface area (Å²) in [7, 11) is 1.09. The maximum absolute atomic E-state index is 13.6. The summed E-state index contributed by atoms with van der Waals surface area (Å²) in [4.78, 5) is 49.1. The van der Waals surface area contributed by atoms with Crippen molar-refractivity contribution in [3.8, 4) is 33.9 Å². The summed E-state index contributed by atoms with van der Waals surface area (Å²) in [6, 6.07) is 17.1. The number of hydrogen-bond donors (Lipinski definition) is 11. The number of rotatable bonds is 16. The highest BCUT2D eigenvalue weighted by atomic mass is 16.8. The van der Waals surface area contributed by atoms with Gasteiger partial charge in [-0.2, -0.15) is 4.73 Å². The molecule has 6 aromatic rings. The van der Waals surface area contributed by atoms with Crippen molar-refractivity contribution in [1.29, 1.82) is 0 Å². The van der Waals surface area contributed by atoms with Crippen LogP contribution in [0.25, 0.3) is 44.3 Å². The topological polar surface area (TPSA) is 316 Å². The van der Waals surface area contributed by atoms with E-state index < -0.39 is 91.2 Å². The van der Waals surface area contributed by atoms with Crippen LogP contribution in [0.2, 0.25) is 0 Å². The molecule has 64 heavy (non-hydrogen) atoms. The maximum atomic E-state index is 13.6. The SMILES string of the molecule is CN[C@](O)(CCO)[C@@H](C(=O)O)C(=O)O[C@](O)(CO)[C@@H]1O[C@H](Oc2ccc3c(=O)c(-c4ccc(O)cc4)coc3c2)[C@@](CO)(On2cc3cc[nH]c3c2-c2cc(C)cc(C)c2)[C@H](O)[C@H]1O. The third-order valence-corrected chi connectivity index (χ3v) is 11.3. The number of nitrogens with one attached hydrogen (secondary N) is 2. The van der Waals surface area contributed by atoms with E-state index in [1.807, 2.05) is 32.0 Å². The van der Waals surface area contributed by atoms with Crippen LogP contribution in [-0.4, -0.2) is 136 Å². The minimum Gasteiger partial charge on any atom is -0.508 e.